The Hall–Kier alpha value is -4.30. The molecule has 6 rings (SSSR count). The minimum atomic E-state index is -1.86. The predicted molar refractivity (Wildman–Crippen MR) is 148 cm³/mol. The van der Waals surface area contributed by atoms with Gasteiger partial charge in [-0.1, -0.05) is 61.0 Å². The predicted octanol–water partition coefficient (Wildman–Crippen LogP) is 5.13. The molecule has 1 N–H and O–H groups in total. The number of methoxy groups -OCH3 is 3. The van der Waals surface area contributed by atoms with Crippen molar-refractivity contribution in [3.8, 4) is 17.2 Å². The zero-order valence-corrected chi connectivity index (χ0v) is 23.0. The Morgan fingerprint density at radius 2 is 1.73 bits per heavy atom. The molecule has 3 aromatic rings. The number of allylic oxidation sites excluding steroid dienone is 2. The second-order valence-electron chi connectivity index (χ2n) is 10.1. The number of Topliss-reactive ketones (excluding diaryl/α,β-unsaturated/α-hetero) is 2. The number of nitrogens with one attached hydrogen (secondary N) is 1. The fourth-order valence-corrected chi connectivity index (χ4v) is 6.26. The van der Waals surface area contributed by atoms with Crippen LogP contribution in [0.2, 0.25) is 5.02 Å². The van der Waals surface area contributed by atoms with Gasteiger partial charge < -0.3 is 24.3 Å². The molecule has 9 heteroatoms. The fraction of sp³-hybridized carbons (Fsp3) is 0.258. The number of dihydropyridines is 1. The van der Waals surface area contributed by atoms with Crippen LogP contribution in [0.5, 0.6) is 17.2 Å². The molecule has 3 aliphatic rings. The molecule has 1 spiro atoms. The number of benzene rings is 3. The van der Waals surface area contributed by atoms with Gasteiger partial charge in [0, 0.05) is 29.2 Å². The van der Waals surface area contributed by atoms with Crippen LogP contribution in [0.25, 0.3) is 10.8 Å². The third-order valence-corrected chi connectivity index (χ3v) is 8.36. The SMILES string of the molecule is COC(=O)C1=C[C@H](c2ccc3ccccc3c2)C2=C(C[C@@H](C)[C@]3(Oc4c(Cl)c(OC)cc(OC)c4C3=O)C2=O)N1. The average Bonchev–Trinajstić information content (AvgIpc) is 3.29. The molecule has 0 unspecified atom stereocenters. The lowest BCUT2D eigenvalue weighted by atomic mass is 9.67. The highest BCUT2D eigenvalue weighted by atomic mass is 35.5. The third-order valence-electron chi connectivity index (χ3n) is 8.00. The van der Waals surface area contributed by atoms with Crippen molar-refractivity contribution >= 4 is 39.9 Å². The molecule has 0 amide bonds. The number of esters is 1. The molecule has 2 heterocycles. The summed E-state index contributed by atoms with van der Waals surface area (Å²) in [6.07, 6.45) is 1.93. The third kappa shape index (κ3) is 3.55. The second kappa shape index (κ2) is 9.41. The van der Waals surface area contributed by atoms with Crippen LogP contribution in [0.15, 0.2) is 71.6 Å². The van der Waals surface area contributed by atoms with Gasteiger partial charge >= 0.3 is 5.97 Å². The minimum Gasteiger partial charge on any atom is -0.496 e. The molecule has 2 aliphatic heterocycles. The van der Waals surface area contributed by atoms with Crippen LogP contribution in [0.4, 0.5) is 0 Å². The van der Waals surface area contributed by atoms with Crippen LogP contribution in [-0.4, -0.2) is 44.5 Å². The highest BCUT2D eigenvalue weighted by Gasteiger charge is 2.63. The molecule has 0 saturated heterocycles. The summed E-state index contributed by atoms with van der Waals surface area (Å²) in [5.74, 6) is -2.29. The molecule has 8 nitrogen and oxygen atoms in total. The number of hydrogen-bond donors (Lipinski definition) is 1. The van der Waals surface area contributed by atoms with E-state index in [2.05, 4.69) is 5.32 Å². The van der Waals surface area contributed by atoms with E-state index < -0.39 is 35.0 Å². The van der Waals surface area contributed by atoms with Crippen LogP contribution >= 0.6 is 11.6 Å². The highest BCUT2D eigenvalue weighted by Crippen LogP contribution is 2.55. The van der Waals surface area contributed by atoms with Crippen LogP contribution in [-0.2, 0) is 14.3 Å². The molecule has 1 aliphatic carbocycles. The van der Waals surface area contributed by atoms with Gasteiger partial charge in [0.1, 0.15) is 27.8 Å². The van der Waals surface area contributed by atoms with Crippen molar-refractivity contribution in [1.82, 2.24) is 5.32 Å². The van der Waals surface area contributed by atoms with Gasteiger partial charge in [0.25, 0.3) is 0 Å². The Bertz CT molecular complexity index is 1690. The fourth-order valence-electron chi connectivity index (χ4n) is 5.99. The van der Waals surface area contributed by atoms with E-state index in [0.717, 1.165) is 16.3 Å². The molecule has 40 heavy (non-hydrogen) atoms. The summed E-state index contributed by atoms with van der Waals surface area (Å²) >= 11 is 6.58. The molecule has 204 valence electrons. The van der Waals surface area contributed by atoms with Gasteiger partial charge in [-0.05, 0) is 28.8 Å². The molecule has 0 bridgehead atoms. The van der Waals surface area contributed by atoms with Gasteiger partial charge in [-0.15, -0.1) is 0 Å². The molecule has 0 radical (unpaired) electrons. The van der Waals surface area contributed by atoms with Gasteiger partial charge in [0.15, 0.2) is 5.75 Å². The van der Waals surface area contributed by atoms with E-state index in [0.29, 0.717) is 11.3 Å². The largest absolute Gasteiger partial charge is 0.496 e. The molecule has 3 aromatic carbocycles. The zero-order chi connectivity index (χ0) is 28.3. The number of carbonyl (C=O) groups excluding carboxylic acids is 3. The Labute approximate surface area is 235 Å². The molecule has 0 fully saturated rings. The molecular formula is C31H26ClNO7. The summed E-state index contributed by atoms with van der Waals surface area (Å²) in [6.45, 7) is 1.77. The summed E-state index contributed by atoms with van der Waals surface area (Å²) in [6, 6.07) is 15.2. The Balaban J connectivity index is 1.52. The van der Waals surface area contributed by atoms with Crippen LogP contribution in [0.1, 0.15) is 35.2 Å². The van der Waals surface area contributed by atoms with E-state index in [1.165, 1.54) is 27.4 Å². The smallest absolute Gasteiger partial charge is 0.354 e. The molecule has 3 atom stereocenters. The van der Waals surface area contributed by atoms with E-state index in [-0.39, 0.29) is 40.0 Å². The topological polar surface area (TPSA) is 100 Å². The number of halogens is 1. The number of ether oxygens (including phenoxy) is 4. The van der Waals surface area contributed by atoms with Crippen molar-refractivity contribution in [2.75, 3.05) is 21.3 Å². The van der Waals surface area contributed by atoms with E-state index in [1.807, 2.05) is 42.5 Å². The van der Waals surface area contributed by atoms with Crippen molar-refractivity contribution in [3.63, 3.8) is 0 Å². The normalized spacial score (nSPS) is 23.3. The van der Waals surface area contributed by atoms with Crippen molar-refractivity contribution in [1.29, 1.82) is 0 Å². The number of fused-ring (bicyclic) bond motifs is 2. The molecule has 0 aromatic heterocycles. The summed E-state index contributed by atoms with van der Waals surface area (Å²) in [7, 11) is 4.17. The monoisotopic (exact) mass is 559 g/mol. The zero-order valence-electron chi connectivity index (χ0n) is 22.3. The number of rotatable bonds is 4. The maximum absolute atomic E-state index is 14.6. The van der Waals surface area contributed by atoms with Crippen molar-refractivity contribution in [3.05, 3.63) is 87.7 Å². The first-order valence-electron chi connectivity index (χ1n) is 12.8. The lowest BCUT2D eigenvalue weighted by molar-refractivity contribution is -0.137. The highest BCUT2D eigenvalue weighted by molar-refractivity contribution is 6.36. The molecule has 0 saturated carbocycles. The van der Waals surface area contributed by atoms with Crippen LogP contribution < -0.4 is 19.5 Å². The van der Waals surface area contributed by atoms with Crippen molar-refractivity contribution < 1.29 is 33.3 Å². The van der Waals surface area contributed by atoms with Gasteiger partial charge in [0.2, 0.25) is 17.2 Å². The summed E-state index contributed by atoms with van der Waals surface area (Å²) in [4.78, 5) is 41.4. The minimum absolute atomic E-state index is 0.0592. The number of hydrogen-bond acceptors (Lipinski definition) is 8. The lowest BCUT2D eigenvalue weighted by Gasteiger charge is -2.41. The van der Waals surface area contributed by atoms with Crippen LogP contribution in [0, 0.1) is 5.92 Å². The maximum atomic E-state index is 14.6. The van der Waals surface area contributed by atoms with Gasteiger partial charge in [-0.25, -0.2) is 4.79 Å². The van der Waals surface area contributed by atoms with Gasteiger partial charge in [0.05, 0.1) is 21.3 Å². The van der Waals surface area contributed by atoms with E-state index in [4.69, 9.17) is 30.5 Å². The quantitative estimate of drug-likeness (QED) is 0.347. The van der Waals surface area contributed by atoms with Crippen molar-refractivity contribution in [2.45, 2.75) is 24.9 Å². The van der Waals surface area contributed by atoms with Crippen molar-refractivity contribution in [2.24, 2.45) is 5.92 Å². The van der Waals surface area contributed by atoms with Gasteiger partial charge in [-0.2, -0.15) is 0 Å². The summed E-state index contributed by atoms with van der Waals surface area (Å²) in [5, 5.41) is 5.20. The Kier molecular flexibility index (Phi) is 6.11. The first-order chi connectivity index (χ1) is 19.2. The lowest BCUT2D eigenvalue weighted by Crippen LogP contribution is -2.58. The first-order valence-corrected chi connectivity index (χ1v) is 13.1. The van der Waals surface area contributed by atoms with Gasteiger partial charge in [-0.3, -0.25) is 9.59 Å². The van der Waals surface area contributed by atoms with E-state index in [1.54, 1.807) is 13.0 Å². The number of ketones is 2. The Morgan fingerprint density at radius 1 is 1.00 bits per heavy atom. The second-order valence-corrected chi connectivity index (χ2v) is 10.5. The first kappa shape index (κ1) is 26.0. The van der Waals surface area contributed by atoms with E-state index in [9.17, 15) is 14.4 Å². The summed E-state index contributed by atoms with van der Waals surface area (Å²) in [5.41, 5.74) is 0.155. The summed E-state index contributed by atoms with van der Waals surface area (Å²) < 4.78 is 22.2. The standard InChI is InChI=1S/C31H26ClNO7/c1-15-11-20-24(28(34)31(15)29(35)25-22(37-2)14-23(38-3)26(32)27(25)40-31)19(13-21(33-20)30(36)39-4)18-10-9-16-7-5-6-8-17(16)12-18/h5-10,12-15,19,33H,11H2,1-4H3/t15-,19-,31+/m1/s1. The Morgan fingerprint density at radius 3 is 2.42 bits per heavy atom. The van der Waals surface area contributed by atoms with E-state index >= 15 is 0 Å². The maximum Gasteiger partial charge on any atom is 0.354 e. The number of carbonyl (C=O) groups is 3. The van der Waals surface area contributed by atoms with Crippen LogP contribution in [0.3, 0.4) is 0 Å². The molecular weight excluding hydrogens is 534 g/mol. The average molecular weight is 560 g/mol.